The lowest BCUT2D eigenvalue weighted by Crippen LogP contribution is -2.39. The molecule has 0 aromatic rings. The van der Waals surface area contributed by atoms with Crippen molar-refractivity contribution >= 4 is 16.9 Å². The summed E-state index contributed by atoms with van der Waals surface area (Å²) in [5.41, 5.74) is 0. The fraction of sp³-hybridized carbons (Fsp3) is 0.933. The minimum atomic E-state index is 0.524. The molecule has 4 heteroatoms. The molecule has 2 aliphatic heterocycles. The smallest absolute Gasteiger partial charge is 0.157 e. The molecule has 3 nitrogen and oxygen atoms in total. The summed E-state index contributed by atoms with van der Waals surface area (Å²) in [7, 11) is 0. The Morgan fingerprint density at radius 1 is 1.32 bits per heavy atom. The van der Waals surface area contributed by atoms with Gasteiger partial charge >= 0.3 is 0 Å². The molecule has 1 saturated heterocycles. The van der Waals surface area contributed by atoms with Crippen molar-refractivity contribution in [2.24, 2.45) is 16.8 Å². The Morgan fingerprint density at radius 3 is 2.63 bits per heavy atom. The highest BCUT2D eigenvalue weighted by Gasteiger charge is 2.28. The molecule has 19 heavy (non-hydrogen) atoms. The van der Waals surface area contributed by atoms with Crippen molar-refractivity contribution < 1.29 is 4.74 Å². The van der Waals surface area contributed by atoms with E-state index in [0.29, 0.717) is 11.3 Å². The SMILES string of the molecule is CCC(CC)C1CN=C(NC(C)C2CCOCC2)S1. The minimum Gasteiger partial charge on any atom is -0.381 e. The van der Waals surface area contributed by atoms with Crippen LogP contribution in [0.15, 0.2) is 4.99 Å². The molecule has 1 fully saturated rings. The van der Waals surface area contributed by atoms with E-state index in [9.17, 15) is 0 Å². The first kappa shape index (κ1) is 15.2. The third kappa shape index (κ3) is 4.12. The van der Waals surface area contributed by atoms with Crippen LogP contribution < -0.4 is 5.32 Å². The van der Waals surface area contributed by atoms with Crippen LogP contribution in [0.4, 0.5) is 0 Å². The van der Waals surface area contributed by atoms with Crippen molar-refractivity contribution in [1.29, 1.82) is 0 Å². The van der Waals surface area contributed by atoms with E-state index in [1.54, 1.807) is 0 Å². The van der Waals surface area contributed by atoms with Gasteiger partial charge in [-0.25, -0.2) is 0 Å². The third-order valence-corrected chi connectivity index (χ3v) is 5.88. The zero-order valence-corrected chi connectivity index (χ0v) is 13.3. The molecule has 2 atom stereocenters. The highest BCUT2D eigenvalue weighted by Crippen LogP contribution is 2.31. The van der Waals surface area contributed by atoms with Crippen LogP contribution in [0, 0.1) is 11.8 Å². The molecule has 2 aliphatic rings. The van der Waals surface area contributed by atoms with Crippen LogP contribution in [-0.2, 0) is 4.74 Å². The molecule has 0 bridgehead atoms. The molecule has 2 rings (SSSR count). The normalized spacial score (nSPS) is 26.5. The molecule has 0 aliphatic carbocycles. The Morgan fingerprint density at radius 2 is 2.00 bits per heavy atom. The maximum absolute atomic E-state index is 5.43. The number of aliphatic imine (C=N–C) groups is 1. The highest BCUT2D eigenvalue weighted by atomic mass is 32.2. The second-order valence-corrected chi connectivity index (χ2v) is 6.99. The largest absolute Gasteiger partial charge is 0.381 e. The molecular weight excluding hydrogens is 256 g/mol. The van der Waals surface area contributed by atoms with Crippen molar-refractivity contribution in [2.75, 3.05) is 19.8 Å². The molecule has 0 aromatic carbocycles. The number of amidine groups is 1. The predicted octanol–water partition coefficient (Wildman–Crippen LogP) is 3.30. The van der Waals surface area contributed by atoms with Crippen LogP contribution >= 0.6 is 11.8 Å². The van der Waals surface area contributed by atoms with Gasteiger partial charge in [0.15, 0.2) is 5.17 Å². The van der Waals surface area contributed by atoms with E-state index in [1.165, 1.54) is 30.9 Å². The number of hydrogen-bond donors (Lipinski definition) is 1. The first-order valence-electron chi connectivity index (χ1n) is 7.80. The van der Waals surface area contributed by atoms with Gasteiger partial charge in [0.25, 0.3) is 0 Å². The zero-order chi connectivity index (χ0) is 13.7. The van der Waals surface area contributed by atoms with E-state index in [-0.39, 0.29) is 0 Å². The lowest BCUT2D eigenvalue weighted by molar-refractivity contribution is 0.0583. The number of ether oxygens (including phenoxy) is 1. The van der Waals surface area contributed by atoms with Crippen LogP contribution in [0.25, 0.3) is 0 Å². The van der Waals surface area contributed by atoms with Gasteiger partial charge in [0.05, 0.1) is 6.54 Å². The Balaban J connectivity index is 1.77. The molecule has 2 unspecified atom stereocenters. The van der Waals surface area contributed by atoms with Crippen LogP contribution in [0.3, 0.4) is 0 Å². The summed E-state index contributed by atoms with van der Waals surface area (Å²) in [6, 6.07) is 0.524. The van der Waals surface area contributed by atoms with Crippen molar-refractivity contribution in [1.82, 2.24) is 5.32 Å². The molecule has 0 radical (unpaired) electrons. The minimum absolute atomic E-state index is 0.524. The molecule has 0 spiro atoms. The highest BCUT2D eigenvalue weighted by molar-refractivity contribution is 8.14. The number of rotatable bonds is 5. The lowest BCUT2D eigenvalue weighted by atomic mass is 9.93. The van der Waals surface area contributed by atoms with E-state index in [0.717, 1.165) is 31.6 Å². The molecule has 110 valence electrons. The summed E-state index contributed by atoms with van der Waals surface area (Å²) in [6.45, 7) is 9.73. The first-order valence-corrected chi connectivity index (χ1v) is 8.67. The second-order valence-electron chi connectivity index (χ2n) is 5.76. The van der Waals surface area contributed by atoms with Crippen molar-refractivity contribution in [3.8, 4) is 0 Å². The Bertz CT molecular complexity index is 299. The Kier molecular flexibility index (Phi) is 6.02. The molecule has 0 aromatic heterocycles. The number of hydrogen-bond acceptors (Lipinski definition) is 4. The lowest BCUT2D eigenvalue weighted by Gasteiger charge is -2.29. The summed E-state index contributed by atoms with van der Waals surface area (Å²) >= 11 is 1.97. The van der Waals surface area contributed by atoms with Crippen LogP contribution in [-0.4, -0.2) is 36.2 Å². The van der Waals surface area contributed by atoms with Gasteiger partial charge in [0.1, 0.15) is 0 Å². The summed E-state index contributed by atoms with van der Waals surface area (Å²) in [5.74, 6) is 1.55. The fourth-order valence-corrected chi connectivity index (χ4v) is 4.47. The van der Waals surface area contributed by atoms with Gasteiger partial charge < -0.3 is 10.1 Å². The van der Waals surface area contributed by atoms with Gasteiger partial charge in [-0.05, 0) is 31.6 Å². The average molecular weight is 284 g/mol. The molecule has 0 amide bonds. The van der Waals surface area contributed by atoms with Crippen LogP contribution in [0.5, 0.6) is 0 Å². The van der Waals surface area contributed by atoms with Gasteiger partial charge in [0, 0.05) is 24.5 Å². The molecule has 2 heterocycles. The van der Waals surface area contributed by atoms with E-state index in [1.807, 2.05) is 11.8 Å². The summed E-state index contributed by atoms with van der Waals surface area (Å²) in [5, 5.41) is 5.51. The van der Waals surface area contributed by atoms with Crippen molar-refractivity contribution in [2.45, 2.75) is 57.7 Å². The summed E-state index contributed by atoms with van der Waals surface area (Å²) < 4.78 is 5.43. The molecule has 0 saturated carbocycles. The van der Waals surface area contributed by atoms with E-state index < -0.39 is 0 Å². The quantitative estimate of drug-likeness (QED) is 0.841. The van der Waals surface area contributed by atoms with Crippen LogP contribution in [0.1, 0.15) is 46.5 Å². The summed E-state index contributed by atoms with van der Waals surface area (Å²) in [4.78, 5) is 4.71. The van der Waals surface area contributed by atoms with Gasteiger partial charge in [0.2, 0.25) is 0 Å². The number of nitrogens with zero attached hydrogens (tertiary/aromatic N) is 1. The fourth-order valence-electron chi connectivity index (χ4n) is 3.06. The van der Waals surface area contributed by atoms with Crippen molar-refractivity contribution in [3.63, 3.8) is 0 Å². The van der Waals surface area contributed by atoms with Crippen molar-refractivity contribution in [3.05, 3.63) is 0 Å². The van der Waals surface area contributed by atoms with E-state index in [4.69, 9.17) is 9.73 Å². The Labute approximate surface area is 122 Å². The topological polar surface area (TPSA) is 33.6 Å². The van der Waals surface area contributed by atoms with E-state index >= 15 is 0 Å². The maximum Gasteiger partial charge on any atom is 0.157 e. The van der Waals surface area contributed by atoms with Crippen LogP contribution in [0.2, 0.25) is 0 Å². The van der Waals surface area contributed by atoms with Gasteiger partial charge in [-0.2, -0.15) is 0 Å². The molecule has 1 N–H and O–H groups in total. The maximum atomic E-state index is 5.43. The molecular formula is C15H28N2OS. The standard InChI is InChI=1S/C15H28N2OS/c1-4-12(5-2)14-10-16-15(19-14)17-11(3)13-6-8-18-9-7-13/h11-14H,4-10H2,1-3H3,(H,16,17). The number of thioether (sulfide) groups is 1. The van der Waals surface area contributed by atoms with E-state index in [2.05, 4.69) is 26.1 Å². The Hall–Kier alpha value is -0.220. The summed E-state index contributed by atoms with van der Waals surface area (Å²) in [6.07, 6.45) is 4.91. The number of nitrogens with one attached hydrogen (secondary N) is 1. The monoisotopic (exact) mass is 284 g/mol. The first-order chi connectivity index (χ1) is 9.24. The van der Waals surface area contributed by atoms with Gasteiger partial charge in [-0.15, -0.1) is 0 Å². The third-order valence-electron chi connectivity index (χ3n) is 4.58. The zero-order valence-electron chi connectivity index (χ0n) is 12.5. The average Bonchev–Trinajstić information content (AvgIpc) is 2.89. The van der Waals surface area contributed by atoms with Gasteiger partial charge in [-0.3, -0.25) is 4.99 Å². The van der Waals surface area contributed by atoms with Gasteiger partial charge in [-0.1, -0.05) is 38.5 Å². The predicted molar refractivity (Wildman–Crippen MR) is 83.9 cm³/mol. The second kappa shape index (κ2) is 7.53.